The van der Waals surface area contributed by atoms with E-state index in [9.17, 15) is 14.4 Å². The zero-order valence-corrected chi connectivity index (χ0v) is 16.6. The summed E-state index contributed by atoms with van der Waals surface area (Å²) in [6.07, 6.45) is 4.29. The van der Waals surface area contributed by atoms with Crippen LogP contribution < -0.4 is 16.0 Å². The highest BCUT2D eigenvalue weighted by molar-refractivity contribution is 6.39. The quantitative estimate of drug-likeness (QED) is 0.415. The van der Waals surface area contributed by atoms with Crippen molar-refractivity contribution in [1.82, 2.24) is 14.9 Å². The normalized spacial score (nSPS) is 10.3. The van der Waals surface area contributed by atoms with Gasteiger partial charge in [0.25, 0.3) is 0 Å². The Balaban J connectivity index is 1.43. The van der Waals surface area contributed by atoms with E-state index in [1.807, 2.05) is 41.1 Å². The molecule has 0 saturated heterocycles. The van der Waals surface area contributed by atoms with Gasteiger partial charge in [-0.1, -0.05) is 30.3 Å². The number of anilines is 2. The predicted octanol–water partition coefficient (Wildman–Crippen LogP) is 2.65. The molecule has 0 bridgehead atoms. The molecule has 0 aliphatic carbocycles. The Morgan fingerprint density at radius 2 is 1.57 bits per heavy atom. The highest BCUT2D eigenvalue weighted by atomic mass is 16.2. The van der Waals surface area contributed by atoms with Crippen molar-refractivity contribution in [3.05, 3.63) is 67.0 Å². The third-order valence-corrected chi connectivity index (χ3v) is 4.28. The summed E-state index contributed by atoms with van der Waals surface area (Å²) in [5.74, 6) is -0.759. The van der Waals surface area contributed by atoms with Crippen LogP contribution in [0.25, 0.3) is 11.4 Å². The van der Waals surface area contributed by atoms with E-state index in [1.165, 1.54) is 6.92 Å². The number of nitrogens with zero attached hydrogens (tertiary/aromatic N) is 2. The van der Waals surface area contributed by atoms with Gasteiger partial charge in [0.2, 0.25) is 5.91 Å². The van der Waals surface area contributed by atoms with E-state index in [0.29, 0.717) is 30.9 Å². The van der Waals surface area contributed by atoms with Crippen molar-refractivity contribution in [2.24, 2.45) is 0 Å². The van der Waals surface area contributed by atoms with Gasteiger partial charge in [-0.25, -0.2) is 4.98 Å². The third-order valence-electron chi connectivity index (χ3n) is 4.28. The van der Waals surface area contributed by atoms with E-state index in [2.05, 4.69) is 20.9 Å². The Kier molecular flexibility index (Phi) is 6.94. The first-order valence-electron chi connectivity index (χ1n) is 9.56. The molecule has 8 nitrogen and oxygen atoms in total. The molecule has 0 saturated carbocycles. The molecule has 8 heteroatoms. The first-order chi connectivity index (χ1) is 14.5. The molecule has 3 rings (SSSR count). The highest BCUT2D eigenvalue weighted by Gasteiger charge is 2.13. The molecular weight excluding hydrogens is 382 g/mol. The molecule has 0 radical (unpaired) electrons. The van der Waals surface area contributed by atoms with Crippen molar-refractivity contribution in [2.75, 3.05) is 17.2 Å². The smallest absolute Gasteiger partial charge is 0.313 e. The minimum absolute atomic E-state index is 0.183. The summed E-state index contributed by atoms with van der Waals surface area (Å²) in [4.78, 5) is 39.4. The molecule has 0 unspecified atom stereocenters. The second-order valence-corrected chi connectivity index (χ2v) is 6.63. The van der Waals surface area contributed by atoms with Crippen LogP contribution in [0.15, 0.2) is 67.0 Å². The molecule has 0 atom stereocenters. The lowest BCUT2D eigenvalue weighted by atomic mass is 10.2. The van der Waals surface area contributed by atoms with Crippen LogP contribution in [0.5, 0.6) is 0 Å². The number of aryl methyl sites for hydroxylation is 1. The SMILES string of the molecule is CC(=O)Nc1ccc(NC(=O)C(=O)NCCCn2ccnc2-c2ccccc2)cc1. The maximum Gasteiger partial charge on any atom is 0.313 e. The summed E-state index contributed by atoms with van der Waals surface area (Å²) in [6.45, 7) is 2.44. The van der Waals surface area contributed by atoms with Crippen LogP contribution in [-0.4, -0.2) is 33.8 Å². The molecule has 0 fully saturated rings. The molecule has 2 aromatic carbocycles. The van der Waals surface area contributed by atoms with E-state index in [4.69, 9.17) is 0 Å². The van der Waals surface area contributed by atoms with Crippen LogP contribution in [0.2, 0.25) is 0 Å². The van der Waals surface area contributed by atoms with Crippen molar-refractivity contribution in [3.8, 4) is 11.4 Å². The lowest BCUT2D eigenvalue weighted by molar-refractivity contribution is -0.136. The summed E-state index contributed by atoms with van der Waals surface area (Å²) in [5, 5.41) is 7.78. The van der Waals surface area contributed by atoms with Gasteiger partial charge in [-0.2, -0.15) is 0 Å². The van der Waals surface area contributed by atoms with E-state index < -0.39 is 11.8 Å². The van der Waals surface area contributed by atoms with Gasteiger partial charge >= 0.3 is 11.8 Å². The van der Waals surface area contributed by atoms with Gasteiger partial charge in [-0.05, 0) is 30.7 Å². The second-order valence-electron chi connectivity index (χ2n) is 6.63. The standard InChI is InChI=1S/C22H23N5O3/c1-16(28)25-18-8-10-19(11-9-18)26-22(30)21(29)24-12-5-14-27-15-13-23-20(27)17-6-3-2-4-7-17/h2-4,6-11,13,15H,5,12,14H2,1H3,(H,24,29)(H,25,28)(H,26,30). The van der Waals surface area contributed by atoms with Gasteiger partial charge in [0.15, 0.2) is 0 Å². The summed E-state index contributed by atoms with van der Waals surface area (Å²) in [5.41, 5.74) is 2.10. The Morgan fingerprint density at radius 3 is 2.23 bits per heavy atom. The Hall–Kier alpha value is -3.94. The molecule has 3 amide bonds. The molecule has 1 aromatic heterocycles. The van der Waals surface area contributed by atoms with Crippen LogP contribution in [0.1, 0.15) is 13.3 Å². The fraction of sp³-hybridized carbons (Fsp3) is 0.182. The first kappa shape index (κ1) is 20.8. The van der Waals surface area contributed by atoms with E-state index >= 15 is 0 Å². The summed E-state index contributed by atoms with van der Waals surface area (Å²) < 4.78 is 2.01. The predicted molar refractivity (Wildman–Crippen MR) is 115 cm³/mol. The van der Waals surface area contributed by atoms with Crippen molar-refractivity contribution >= 4 is 29.1 Å². The Labute approximate surface area is 174 Å². The molecule has 0 aliphatic rings. The molecule has 154 valence electrons. The third kappa shape index (κ3) is 5.78. The molecule has 0 aliphatic heterocycles. The lowest BCUT2D eigenvalue weighted by Crippen LogP contribution is -2.36. The number of carbonyl (C=O) groups excluding carboxylic acids is 3. The van der Waals surface area contributed by atoms with E-state index in [1.54, 1.807) is 30.5 Å². The highest BCUT2D eigenvalue weighted by Crippen LogP contribution is 2.17. The summed E-state index contributed by atoms with van der Waals surface area (Å²) in [6, 6.07) is 16.4. The lowest BCUT2D eigenvalue weighted by Gasteiger charge is -2.09. The number of hydrogen-bond acceptors (Lipinski definition) is 4. The Morgan fingerprint density at radius 1 is 0.900 bits per heavy atom. The molecular formula is C22H23N5O3. The number of hydrogen-bond donors (Lipinski definition) is 3. The Bertz CT molecular complexity index is 1010. The van der Waals surface area contributed by atoms with Crippen LogP contribution in [-0.2, 0) is 20.9 Å². The number of imidazole rings is 1. The minimum atomic E-state index is -0.741. The van der Waals surface area contributed by atoms with Gasteiger partial charge in [0, 0.05) is 49.3 Å². The van der Waals surface area contributed by atoms with Gasteiger partial charge in [-0.15, -0.1) is 0 Å². The molecule has 0 spiro atoms. The number of amides is 3. The average molecular weight is 405 g/mol. The minimum Gasteiger partial charge on any atom is -0.348 e. The van der Waals surface area contributed by atoms with Crippen molar-refractivity contribution in [3.63, 3.8) is 0 Å². The van der Waals surface area contributed by atoms with E-state index in [-0.39, 0.29) is 5.91 Å². The number of aromatic nitrogens is 2. The molecule has 3 aromatic rings. The van der Waals surface area contributed by atoms with Crippen LogP contribution >= 0.6 is 0 Å². The van der Waals surface area contributed by atoms with Crippen LogP contribution in [0.4, 0.5) is 11.4 Å². The monoisotopic (exact) mass is 405 g/mol. The fourth-order valence-electron chi connectivity index (χ4n) is 2.90. The maximum atomic E-state index is 12.0. The van der Waals surface area contributed by atoms with E-state index in [0.717, 1.165) is 11.4 Å². The molecule has 3 N–H and O–H groups in total. The van der Waals surface area contributed by atoms with Crippen molar-refractivity contribution in [1.29, 1.82) is 0 Å². The number of nitrogens with one attached hydrogen (secondary N) is 3. The summed E-state index contributed by atoms with van der Waals surface area (Å²) in [7, 11) is 0. The van der Waals surface area contributed by atoms with Crippen molar-refractivity contribution < 1.29 is 14.4 Å². The van der Waals surface area contributed by atoms with Gasteiger partial charge < -0.3 is 20.5 Å². The summed E-state index contributed by atoms with van der Waals surface area (Å²) >= 11 is 0. The van der Waals surface area contributed by atoms with Crippen molar-refractivity contribution in [2.45, 2.75) is 19.9 Å². The number of carbonyl (C=O) groups is 3. The molecule has 1 heterocycles. The number of benzene rings is 2. The topological polar surface area (TPSA) is 105 Å². The first-order valence-corrected chi connectivity index (χ1v) is 9.56. The average Bonchev–Trinajstić information content (AvgIpc) is 3.21. The zero-order valence-electron chi connectivity index (χ0n) is 16.6. The largest absolute Gasteiger partial charge is 0.348 e. The zero-order chi connectivity index (χ0) is 21.3. The van der Waals surface area contributed by atoms with Gasteiger partial charge in [-0.3, -0.25) is 14.4 Å². The number of rotatable bonds is 7. The second kappa shape index (κ2) is 10.0. The van der Waals surface area contributed by atoms with Crippen LogP contribution in [0.3, 0.4) is 0 Å². The van der Waals surface area contributed by atoms with Gasteiger partial charge in [0.05, 0.1) is 0 Å². The molecule has 30 heavy (non-hydrogen) atoms. The van der Waals surface area contributed by atoms with Gasteiger partial charge in [0.1, 0.15) is 5.82 Å². The maximum absolute atomic E-state index is 12.0. The fourth-order valence-corrected chi connectivity index (χ4v) is 2.90. The van der Waals surface area contributed by atoms with Crippen LogP contribution in [0, 0.1) is 0 Å².